The maximum Gasteiger partial charge on any atom is 0.322 e. The summed E-state index contributed by atoms with van der Waals surface area (Å²) in [6.45, 7) is 1.99. The molecule has 5 nitrogen and oxygen atoms in total. The molecule has 0 atom stereocenters. The molecule has 0 aliphatic rings. The van der Waals surface area contributed by atoms with E-state index in [0.29, 0.717) is 15.6 Å². The Morgan fingerprint density at radius 1 is 1.12 bits per heavy atom. The molecule has 7 heteroatoms. The van der Waals surface area contributed by atoms with Crippen LogP contribution in [0.15, 0.2) is 46.9 Å². The molecule has 1 aromatic heterocycles. The van der Waals surface area contributed by atoms with Crippen molar-refractivity contribution in [1.82, 2.24) is 10.2 Å². The first-order chi connectivity index (χ1) is 11.5. The topological polar surface area (TPSA) is 68.0 Å². The molecule has 0 unspecified atom stereocenters. The molecule has 0 aliphatic carbocycles. The molecule has 24 heavy (non-hydrogen) atoms. The van der Waals surface area contributed by atoms with Gasteiger partial charge in [0.1, 0.15) is 0 Å². The molecule has 1 heterocycles. The summed E-state index contributed by atoms with van der Waals surface area (Å²) >= 11 is 12.0. The quantitative estimate of drug-likeness (QED) is 0.740. The highest BCUT2D eigenvalue weighted by atomic mass is 35.5. The zero-order valence-corrected chi connectivity index (χ0v) is 14.2. The first-order valence-electron chi connectivity index (χ1n) is 7.15. The summed E-state index contributed by atoms with van der Waals surface area (Å²) in [7, 11) is 0. The highest BCUT2D eigenvalue weighted by Crippen LogP contribution is 2.30. The number of halogens is 2. The summed E-state index contributed by atoms with van der Waals surface area (Å²) in [5.74, 6) is -0.0561. The van der Waals surface area contributed by atoms with Crippen molar-refractivity contribution in [2.24, 2.45) is 0 Å². The molecule has 122 valence electrons. The molecule has 0 saturated heterocycles. The number of aromatic nitrogens is 2. The highest BCUT2D eigenvalue weighted by Gasteiger charge is 2.14. The van der Waals surface area contributed by atoms with Crippen molar-refractivity contribution in [2.75, 3.05) is 5.32 Å². The summed E-state index contributed by atoms with van der Waals surface area (Å²) in [6, 6.07) is 12.6. The number of aryl methyl sites for hydroxylation is 1. The number of hydrogen-bond acceptors (Lipinski definition) is 4. The first kappa shape index (κ1) is 16.5. The van der Waals surface area contributed by atoms with E-state index in [0.717, 1.165) is 11.1 Å². The van der Waals surface area contributed by atoms with Gasteiger partial charge < -0.3 is 4.42 Å². The highest BCUT2D eigenvalue weighted by molar-refractivity contribution is 6.35. The van der Waals surface area contributed by atoms with Gasteiger partial charge in [-0.05, 0) is 30.7 Å². The Bertz CT molecular complexity index is 876. The van der Waals surface area contributed by atoms with Crippen LogP contribution in [-0.4, -0.2) is 16.1 Å². The van der Waals surface area contributed by atoms with Crippen molar-refractivity contribution < 1.29 is 9.21 Å². The molecular weight excluding hydrogens is 349 g/mol. The minimum absolute atomic E-state index is 0.0122. The Kier molecular flexibility index (Phi) is 4.83. The number of benzene rings is 2. The average Bonchev–Trinajstić information content (AvgIpc) is 3.00. The summed E-state index contributed by atoms with van der Waals surface area (Å²) in [5, 5.41) is 11.2. The Hall–Kier alpha value is -2.37. The van der Waals surface area contributed by atoms with Gasteiger partial charge in [0.25, 0.3) is 5.89 Å². The number of rotatable bonds is 4. The van der Waals surface area contributed by atoms with Gasteiger partial charge >= 0.3 is 6.01 Å². The fourth-order valence-corrected chi connectivity index (χ4v) is 2.47. The normalized spacial score (nSPS) is 10.6. The van der Waals surface area contributed by atoms with Crippen LogP contribution in [-0.2, 0) is 11.2 Å². The zero-order valence-electron chi connectivity index (χ0n) is 12.7. The van der Waals surface area contributed by atoms with E-state index < -0.39 is 0 Å². The van der Waals surface area contributed by atoms with Crippen LogP contribution in [0, 0.1) is 6.92 Å². The number of carbonyl (C=O) groups excluding carboxylic acids is 1. The Morgan fingerprint density at radius 2 is 1.88 bits per heavy atom. The van der Waals surface area contributed by atoms with E-state index in [1.54, 1.807) is 18.2 Å². The lowest BCUT2D eigenvalue weighted by Crippen LogP contribution is -2.14. The van der Waals surface area contributed by atoms with Crippen molar-refractivity contribution >= 4 is 35.1 Å². The lowest BCUT2D eigenvalue weighted by molar-refractivity contribution is -0.115. The van der Waals surface area contributed by atoms with Gasteiger partial charge in [0, 0.05) is 5.02 Å². The maximum atomic E-state index is 12.0. The van der Waals surface area contributed by atoms with Gasteiger partial charge in [-0.25, -0.2) is 0 Å². The molecule has 0 aliphatic heterocycles. The standard InChI is InChI=1S/C17H13Cl2N3O2/c1-10-2-4-11(5-3-10)8-15(23)20-17-22-21-16(24-17)13-9-12(18)6-7-14(13)19/h2-7,9H,8H2,1H3,(H,20,22,23). The van der Waals surface area contributed by atoms with Crippen LogP contribution in [0.3, 0.4) is 0 Å². The van der Waals surface area contributed by atoms with Gasteiger partial charge in [-0.15, -0.1) is 5.10 Å². The van der Waals surface area contributed by atoms with Gasteiger partial charge in [0.15, 0.2) is 0 Å². The molecule has 3 aromatic rings. The third-order valence-corrected chi connectivity index (χ3v) is 3.88. The molecular formula is C17H13Cl2N3O2. The predicted molar refractivity (Wildman–Crippen MR) is 93.3 cm³/mol. The molecule has 3 rings (SSSR count). The van der Waals surface area contributed by atoms with Gasteiger partial charge in [-0.3, -0.25) is 10.1 Å². The van der Waals surface area contributed by atoms with Crippen LogP contribution in [0.5, 0.6) is 0 Å². The summed E-state index contributed by atoms with van der Waals surface area (Å²) in [6.07, 6.45) is 0.218. The Balaban J connectivity index is 1.70. The third-order valence-electron chi connectivity index (χ3n) is 3.32. The second kappa shape index (κ2) is 7.03. The molecule has 0 bridgehead atoms. The van der Waals surface area contributed by atoms with Crippen molar-refractivity contribution in [1.29, 1.82) is 0 Å². The minimum Gasteiger partial charge on any atom is -0.403 e. The number of nitrogens with zero attached hydrogens (tertiary/aromatic N) is 2. The van der Waals surface area contributed by atoms with E-state index in [1.165, 1.54) is 0 Å². The van der Waals surface area contributed by atoms with Crippen molar-refractivity contribution in [2.45, 2.75) is 13.3 Å². The number of hydrogen-bond donors (Lipinski definition) is 1. The second-order valence-electron chi connectivity index (χ2n) is 5.25. The van der Waals surface area contributed by atoms with Crippen molar-refractivity contribution in [3.8, 4) is 11.5 Å². The van der Waals surface area contributed by atoms with Gasteiger partial charge in [-0.1, -0.05) is 58.1 Å². The van der Waals surface area contributed by atoms with Crippen LogP contribution in [0.25, 0.3) is 11.5 Å². The fraction of sp³-hybridized carbons (Fsp3) is 0.118. The smallest absolute Gasteiger partial charge is 0.322 e. The maximum absolute atomic E-state index is 12.0. The van der Waals surface area contributed by atoms with E-state index in [9.17, 15) is 4.79 Å². The monoisotopic (exact) mass is 361 g/mol. The van der Waals surface area contributed by atoms with Crippen molar-refractivity contribution in [3.05, 3.63) is 63.6 Å². The van der Waals surface area contributed by atoms with Crippen LogP contribution >= 0.6 is 23.2 Å². The summed E-state index contributed by atoms with van der Waals surface area (Å²) in [5.41, 5.74) is 2.55. The van der Waals surface area contributed by atoms with Crippen LogP contribution < -0.4 is 5.32 Å². The number of anilines is 1. The molecule has 0 saturated carbocycles. The molecule has 0 fully saturated rings. The molecule has 1 N–H and O–H groups in total. The van der Waals surface area contributed by atoms with Gasteiger partial charge in [0.05, 0.1) is 17.0 Å². The van der Waals surface area contributed by atoms with Crippen molar-refractivity contribution in [3.63, 3.8) is 0 Å². The van der Waals surface area contributed by atoms with Gasteiger partial charge in [0.2, 0.25) is 5.91 Å². The van der Waals surface area contributed by atoms with Crippen LogP contribution in [0.4, 0.5) is 6.01 Å². The number of amides is 1. The summed E-state index contributed by atoms with van der Waals surface area (Å²) < 4.78 is 5.44. The molecule has 0 radical (unpaired) electrons. The molecule has 1 amide bonds. The molecule has 2 aromatic carbocycles. The Morgan fingerprint density at radius 3 is 2.62 bits per heavy atom. The van der Waals surface area contributed by atoms with Crippen LogP contribution in [0.1, 0.15) is 11.1 Å². The lowest BCUT2D eigenvalue weighted by Gasteiger charge is -2.02. The SMILES string of the molecule is Cc1ccc(CC(=O)Nc2nnc(-c3cc(Cl)ccc3Cl)o2)cc1. The second-order valence-corrected chi connectivity index (χ2v) is 6.09. The van der Waals surface area contributed by atoms with Gasteiger partial charge in [-0.2, -0.15) is 0 Å². The lowest BCUT2D eigenvalue weighted by atomic mass is 10.1. The average molecular weight is 362 g/mol. The van der Waals surface area contributed by atoms with E-state index in [2.05, 4.69) is 15.5 Å². The van der Waals surface area contributed by atoms with E-state index in [4.69, 9.17) is 27.6 Å². The zero-order chi connectivity index (χ0) is 17.1. The van der Waals surface area contributed by atoms with E-state index in [1.807, 2.05) is 31.2 Å². The molecule has 0 spiro atoms. The largest absolute Gasteiger partial charge is 0.403 e. The first-order valence-corrected chi connectivity index (χ1v) is 7.91. The number of carbonyl (C=O) groups is 1. The van der Waals surface area contributed by atoms with E-state index >= 15 is 0 Å². The van der Waals surface area contributed by atoms with E-state index in [-0.39, 0.29) is 24.2 Å². The number of nitrogens with one attached hydrogen (secondary N) is 1. The predicted octanol–water partition coefficient (Wildman–Crippen LogP) is 4.53. The summed E-state index contributed by atoms with van der Waals surface area (Å²) in [4.78, 5) is 12.0. The fourth-order valence-electron chi connectivity index (χ4n) is 2.10. The Labute approximate surface area is 148 Å². The minimum atomic E-state index is -0.244. The third kappa shape index (κ3) is 3.93. The van der Waals surface area contributed by atoms with Crippen LogP contribution in [0.2, 0.25) is 10.0 Å².